The maximum absolute atomic E-state index is 12.5. The van der Waals surface area contributed by atoms with Crippen molar-refractivity contribution >= 4 is 34.8 Å². The van der Waals surface area contributed by atoms with Crippen LogP contribution in [0, 0.1) is 0 Å². The molecule has 0 fully saturated rings. The molecule has 112 valence electrons. The number of Topliss-reactive ketones (excluding diaryl/α,β-unsaturated/α-hetero) is 2. The molecule has 0 aliphatic heterocycles. The highest BCUT2D eigenvalue weighted by atomic mass is 35.5. The lowest BCUT2D eigenvalue weighted by atomic mass is 9.85. The van der Waals surface area contributed by atoms with Crippen molar-refractivity contribution in [2.45, 2.75) is 20.3 Å². The van der Waals surface area contributed by atoms with Crippen LogP contribution in [-0.4, -0.2) is 28.4 Å². The van der Waals surface area contributed by atoms with Gasteiger partial charge in [-0.15, -0.1) is 0 Å². The molecule has 1 aliphatic rings. The molecule has 5 nitrogen and oxygen atoms in total. The van der Waals surface area contributed by atoms with Crippen LogP contribution in [0.2, 0.25) is 10.0 Å². The smallest absolute Gasteiger partial charge is 0.232 e. The van der Waals surface area contributed by atoms with Crippen molar-refractivity contribution in [3.05, 3.63) is 32.5 Å². The molecule has 1 aromatic rings. The van der Waals surface area contributed by atoms with Crippen molar-refractivity contribution in [1.82, 2.24) is 0 Å². The number of ether oxygens (including phenoxy) is 1. The minimum absolute atomic E-state index is 0.127. The molecule has 0 aromatic heterocycles. The van der Waals surface area contributed by atoms with Gasteiger partial charge in [0.05, 0.1) is 17.7 Å². The first-order valence-electron chi connectivity index (χ1n) is 6.24. The molecule has 0 saturated carbocycles. The second-order valence-electron chi connectivity index (χ2n) is 4.33. The fourth-order valence-corrected chi connectivity index (χ4v) is 2.60. The zero-order chi connectivity index (χ0) is 15.9. The molecule has 0 atom stereocenters. The number of carbonyl (C=O) groups excluding carboxylic acids is 2. The average Bonchev–Trinajstić information content (AvgIpc) is 2.46. The van der Waals surface area contributed by atoms with Crippen molar-refractivity contribution in [3.8, 4) is 11.5 Å². The van der Waals surface area contributed by atoms with E-state index < -0.39 is 23.1 Å². The number of phenolic OH excluding ortho intramolecular Hbond substituents is 2. The highest BCUT2D eigenvalue weighted by Crippen LogP contribution is 2.47. The number of phenols is 2. The SMILES string of the molecule is CCOC1=C(CC)C(=O)c2c(O)c(Cl)c(Cl)c(O)c2C1=O. The summed E-state index contributed by atoms with van der Waals surface area (Å²) in [5, 5.41) is 19.3. The Balaban J connectivity index is 2.84. The topological polar surface area (TPSA) is 83.8 Å². The molecule has 21 heavy (non-hydrogen) atoms. The number of aromatic hydroxyl groups is 2. The summed E-state index contributed by atoms with van der Waals surface area (Å²) in [5.41, 5.74) is -0.595. The van der Waals surface area contributed by atoms with Crippen molar-refractivity contribution in [1.29, 1.82) is 0 Å². The molecule has 0 saturated heterocycles. The average molecular weight is 331 g/mol. The third-order valence-electron chi connectivity index (χ3n) is 3.18. The van der Waals surface area contributed by atoms with Crippen LogP contribution in [0.3, 0.4) is 0 Å². The second-order valence-corrected chi connectivity index (χ2v) is 5.08. The van der Waals surface area contributed by atoms with E-state index in [1.807, 2.05) is 0 Å². The third-order valence-corrected chi connectivity index (χ3v) is 4.02. The molecule has 0 radical (unpaired) electrons. The quantitative estimate of drug-likeness (QED) is 0.829. The predicted molar refractivity (Wildman–Crippen MR) is 77.4 cm³/mol. The van der Waals surface area contributed by atoms with Crippen LogP contribution in [0.5, 0.6) is 11.5 Å². The fraction of sp³-hybridized carbons (Fsp3) is 0.286. The van der Waals surface area contributed by atoms with Gasteiger partial charge in [-0.2, -0.15) is 0 Å². The summed E-state index contributed by atoms with van der Waals surface area (Å²) in [5.74, 6) is -2.70. The fourth-order valence-electron chi connectivity index (χ4n) is 2.23. The number of hydrogen-bond donors (Lipinski definition) is 2. The summed E-state index contributed by atoms with van der Waals surface area (Å²) in [6, 6.07) is 0. The number of fused-ring (bicyclic) bond motifs is 1. The van der Waals surface area contributed by atoms with Crippen LogP contribution in [0.25, 0.3) is 0 Å². The van der Waals surface area contributed by atoms with E-state index in [9.17, 15) is 19.8 Å². The lowest BCUT2D eigenvalue weighted by Gasteiger charge is -2.22. The molecular weight excluding hydrogens is 319 g/mol. The molecular formula is C14H12Cl2O5. The molecule has 0 unspecified atom stereocenters. The van der Waals surface area contributed by atoms with Gasteiger partial charge in [-0.05, 0) is 13.3 Å². The summed E-state index contributed by atoms with van der Waals surface area (Å²) < 4.78 is 5.23. The lowest BCUT2D eigenvalue weighted by Crippen LogP contribution is -2.24. The third kappa shape index (κ3) is 2.17. The Bertz CT molecular complexity index is 691. The van der Waals surface area contributed by atoms with Gasteiger partial charge in [0.15, 0.2) is 11.5 Å². The zero-order valence-corrected chi connectivity index (χ0v) is 12.8. The summed E-state index contributed by atoms with van der Waals surface area (Å²) in [4.78, 5) is 24.9. The first kappa shape index (κ1) is 15.7. The van der Waals surface area contributed by atoms with E-state index >= 15 is 0 Å². The number of halogens is 2. The Labute approximate surface area is 130 Å². The molecule has 7 heteroatoms. The summed E-state index contributed by atoms with van der Waals surface area (Å²) in [7, 11) is 0. The lowest BCUT2D eigenvalue weighted by molar-refractivity contribution is 0.0873. The summed E-state index contributed by atoms with van der Waals surface area (Å²) in [6.07, 6.45) is 0.236. The van der Waals surface area contributed by atoms with Gasteiger partial charge >= 0.3 is 0 Å². The van der Waals surface area contributed by atoms with E-state index in [1.54, 1.807) is 13.8 Å². The van der Waals surface area contributed by atoms with E-state index in [4.69, 9.17) is 27.9 Å². The van der Waals surface area contributed by atoms with Gasteiger partial charge < -0.3 is 14.9 Å². The standard InChI is InChI=1S/C14H12Cl2O5/c1-3-5-10(17)6-7(13(20)14(5)21-4-2)12(19)9(16)8(15)11(6)18/h18-19H,3-4H2,1-2H3. The number of benzene rings is 1. The van der Waals surface area contributed by atoms with Crippen LogP contribution in [0.4, 0.5) is 0 Å². The van der Waals surface area contributed by atoms with Gasteiger partial charge in [0.25, 0.3) is 0 Å². The number of carbonyl (C=O) groups is 2. The van der Waals surface area contributed by atoms with E-state index in [1.165, 1.54) is 0 Å². The van der Waals surface area contributed by atoms with Crippen LogP contribution < -0.4 is 0 Å². The first-order valence-corrected chi connectivity index (χ1v) is 7.00. The molecule has 0 spiro atoms. The summed E-state index contributed by atoms with van der Waals surface area (Å²) >= 11 is 11.5. The Morgan fingerprint density at radius 1 is 0.952 bits per heavy atom. The van der Waals surface area contributed by atoms with Crippen molar-refractivity contribution in [2.24, 2.45) is 0 Å². The molecule has 0 bridgehead atoms. The number of hydrogen-bond acceptors (Lipinski definition) is 5. The molecule has 0 heterocycles. The Kier molecular flexibility index (Phi) is 4.16. The van der Waals surface area contributed by atoms with Gasteiger partial charge in [0, 0.05) is 5.57 Å². The Hall–Kier alpha value is -1.72. The highest BCUT2D eigenvalue weighted by Gasteiger charge is 2.39. The van der Waals surface area contributed by atoms with Crippen molar-refractivity contribution in [2.75, 3.05) is 6.61 Å². The second kappa shape index (κ2) is 5.58. The minimum atomic E-state index is -0.699. The van der Waals surface area contributed by atoms with Crippen LogP contribution in [0.15, 0.2) is 11.3 Å². The molecule has 2 N–H and O–H groups in total. The van der Waals surface area contributed by atoms with Gasteiger partial charge in [-0.1, -0.05) is 30.1 Å². The van der Waals surface area contributed by atoms with Gasteiger partial charge in [-0.3, -0.25) is 9.59 Å². The largest absolute Gasteiger partial charge is 0.506 e. The van der Waals surface area contributed by atoms with E-state index in [-0.39, 0.29) is 45.5 Å². The normalized spacial score (nSPS) is 14.5. The highest BCUT2D eigenvalue weighted by molar-refractivity contribution is 6.45. The number of ketones is 2. The van der Waals surface area contributed by atoms with Crippen LogP contribution >= 0.6 is 23.2 Å². The van der Waals surface area contributed by atoms with Gasteiger partial charge in [-0.25, -0.2) is 0 Å². The predicted octanol–water partition coefficient (Wildman–Crippen LogP) is 3.48. The molecule has 1 aromatic carbocycles. The van der Waals surface area contributed by atoms with E-state index in [0.29, 0.717) is 0 Å². The van der Waals surface area contributed by atoms with Crippen molar-refractivity contribution in [3.63, 3.8) is 0 Å². The minimum Gasteiger partial charge on any atom is -0.506 e. The number of allylic oxidation sites excluding steroid dienone is 2. The summed E-state index contributed by atoms with van der Waals surface area (Å²) in [6.45, 7) is 3.53. The maximum atomic E-state index is 12.5. The molecule has 0 amide bonds. The van der Waals surface area contributed by atoms with E-state index in [2.05, 4.69) is 0 Å². The maximum Gasteiger partial charge on any atom is 0.232 e. The van der Waals surface area contributed by atoms with Gasteiger partial charge in [0.1, 0.15) is 21.5 Å². The zero-order valence-electron chi connectivity index (χ0n) is 11.3. The molecule has 1 aliphatic carbocycles. The van der Waals surface area contributed by atoms with Crippen LogP contribution in [-0.2, 0) is 4.74 Å². The first-order chi connectivity index (χ1) is 9.86. The monoisotopic (exact) mass is 330 g/mol. The van der Waals surface area contributed by atoms with Crippen LogP contribution in [0.1, 0.15) is 41.0 Å². The van der Waals surface area contributed by atoms with E-state index in [0.717, 1.165) is 0 Å². The van der Waals surface area contributed by atoms with Crippen molar-refractivity contribution < 1.29 is 24.5 Å². The number of rotatable bonds is 3. The molecule has 2 rings (SSSR count). The Morgan fingerprint density at radius 2 is 1.43 bits per heavy atom. The van der Waals surface area contributed by atoms with Gasteiger partial charge in [0.2, 0.25) is 5.78 Å². The Morgan fingerprint density at radius 3 is 1.86 bits per heavy atom.